The number of halogens is 1. The van der Waals surface area contributed by atoms with Crippen LogP contribution in [0.1, 0.15) is 36.2 Å². The van der Waals surface area contributed by atoms with Gasteiger partial charge in [-0.3, -0.25) is 0 Å². The van der Waals surface area contributed by atoms with Crippen molar-refractivity contribution in [3.63, 3.8) is 0 Å². The number of piperazine rings is 1. The van der Waals surface area contributed by atoms with Crippen LogP contribution in [-0.4, -0.2) is 58.3 Å². The van der Waals surface area contributed by atoms with Crippen LogP contribution in [0, 0.1) is 0 Å². The molecule has 1 aliphatic carbocycles. The molecule has 2 aliphatic rings. The van der Waals surface area contributed by atoms with Crippen LogP contribution in [0.2, 0.25) is 0 Å². The summed E-state index contributed by atoms with van der Waals surface area (Å²) in [4.78, 5) is 3.07. The van der Waals surface area contributed by atoms with E-state index in [1.807, 2.05) is 0 Å². The highest BCUT2D eigenvalue weighted by Gasteiger charge is 2.38. The fourth-order valence-electron chi connectivity index (χ4n) is 5.50. The molecular formula is C25H30BrN3O2S. The molecule has 1 aromatic heterocycles. The number of methoxy groups -OCH3 is 1. The Morgan fingerprint density at radius 3 is 2.47 bits per heavy atom. The Morgan fingerprint density at radius 2 is 1.78 bits per heavy atom. The number of benzene rings is 2. The summed E-state index contributed by atoms with van der Waals surface area (Å²) in [6.45, 7) is 8.04. The zero-order chi connectivity index (χ0) is 22.8. The number of hydrogen-bond acceptors (Lipinski definition) is 3. The van der Waals surface area contributed by atoms with Gasteiger partial charge in [0.2, 0.25) is 0 Å². The summed E-state index contributed by atoms with van der Waals surface area (Å²) in [5.74, 6) is 0.721. The van der Waals surface area contributed by atoms with Crippen LogP contribution in [0.3, 0.4) is 0 Å². The van der Waals surface area contributed by atoms with Gasteiger partial charge in [0.15, 0.2) is 0 Å². The molecule has 5 nitrogen and oxygen atoms in total. The maximum atomic E-state index is 13.6. The minimum absolute atomic E-state index is 0.190. The summed E-state index contributed by atoms with van der Waals surface area (Å²) in [5, 5.41) is 1.29. The Morgan fingerprint density at radius 1 is 1.06 bits per heavy atom. The molecule has 0 bridgehead atoms. The van der Waals surface area contributed by atoms with Crippen molar-refractivity contribution in [2.75, 3.05) is 40.3 Å². The number of aromatic nitrogens is 1. The Bertz CT molecular complexity index is 1240. The summed E-state index contributed by atoms with van der Waals surface area (Å²) < 4.78 is 24.8. The van der Waals surface area contributed by atoms with Crippen LogP contribution >= 0.6 is 15.9 Å². The first-order valence-electron chi connectivity index (χ1n) is 11.1. The molecule has 0 amide bonds. The molecule has 1 atom stereocenters. The monoisotopic (exact) mass is 515 g/mol. The van der Waals surface area contributed by atoms with Crippen LogP contribution < -0.4 is 4.74 Å². The SMILES string of the molecule is COc1cc2c(cc1S(=O)N1CCN(C)CC1)Cc1c(n(C)c3cc(Br)ccc13)C2(C)C. The van der Waals surface area contributed by atoms with Crippen molar-refractivity contribution < 1.29 is 8.95 Å². The van der Waals surface area contributed by atoms with E-state index < -0.39 is 11.0 Å². The molecule has 3 aromatic rings. The van der Waals surface area contributed by atoms with E-state index in [9.17, 15) is 4.21 Å². The van der Waals surface area contributed by atoms with Crippen molar-refractivity contribution in [2.45, 2.75) is 30.6 Å². The average molecular weight is 517 g/mol. The average Bonchev–Trinajstić information content (AvgIpc) is 3.05. The van der Waals surface area contributed by atoms with Gasteiger partial charge >= 0.3 is 0 Å². The lowest BCUT2D eigenvalue weighted by Crippen LogP contribution is -2.45. The Balaban J connectivity index is 1.64. The molecule has 5 rings (SSSR count). The van der Waals surface area contributed by atoms with Gasteiger partial charge in [-0.1, -0.05) is 35.8 Å². The van der Waals surface area contributed by atoms with Crippen molar-refractivity contribution in [3.8, 4) is 5.75 Å². The largest absolute Gasteiger partial charge is 0.495 e. The van der Waals surface area contributed by atoms with E-state index in [1.54, 1.807) is 7.11 Å². The van der Waals surface area contributed by atoms with E-state index in [0.717, 1.165) is 47.7 Å². The first kappa shape index (κ1) is 22.1. The van der Waals surface area contributed by atoms with Gasteiger partial charge in [-0.2, -0.15) is 0 Å². The minimum atomic E-state index is -1.23. The second kappa shape index (κ2) is 7.97. The molecule has 0 spiro atoms. The van der Waals surface area contributed by atoms with Gasteiger partial charge in [-0.05, 0) is 48.0 Å². The van der Waals surface area contributed by atoms with Crippen molar-refractivity contribution in [1.82, 2.24) is 13.8 Å². The number of likely N-dealkylation sites (N-methyl/N-ethyl adjacent to an activating group) is 1. The third-order valence-corrected chi connectivity index (χ3v) is 9.20. The van der Waals surface area contributed by atoms with Gasteiger partial charge in [0.05, 0.1) is 12.0 Å². The van der Waals surface area contributed by atoms with Gasteiger partial charge in [-0.25, -0.2) is 8.51 Å². The van der Waals surface area contributed by atoms with Gasteiger partial charge < -0.3 is 14.2 Å². The lowest BCUT2D eigenvalue weighted by Gasteiger charge is -2.36. The number of ether oxygens (including phenoxy) is 1. The van der Waals surface area contributed by atoms with Gasteiger partial charge in [0.1, 0.15) is 16.7 Å². The highest BCUT2D eigenvalue weighted by atomic mass is 79.9. The van der Waals surface area contributed by atoms with Crippen molar-refractivity contribution in [1.29, 1.82) is 0 Å². The van der Waals surface area contributed by atoms with Crippen molar-refractivity contribution >= 4 is 37.8 Å². The molecule has 32 heavy (non-hydrogen) atoms. The summed E-state index contributed by atoms with van der Waals surface area (Å²) in [6.07, 6.45) is 0.837. The number of nitrogens with zero attached hydrogens (tertiary/aromatic N) is 3. The van der Waals surface area contributed by atoms with Gasteiger partial charge in [-0.15, -0.1) is 0 Å². The van der Waals surface area contributed by atoms with Crippen molar-refractivity contribution in [3.05, 3.63) is 57.2 Å². The summed E-state index contributed by atoms with van der Waals surface area (Å²) in [7, 11) is 4.73. The second-order valence-electron chi connectivity index (χ2n) is 9.49. The van der Waals surface area contributed by atoms with Crippen LogP contribution in [0.4, 0.5) is 0 Å². The topological polar surface area (TPSA) is 37.7 Å². The summed E-state index contributed by atoms with van der Waals surface area (Å²) in [6, 6.07) is 10.8. The molecule has 7 heteroatoms. The maximum Gasteiger partial charge on any atom is 0.136 e. The number of fused-ring (bicyclic) bond motifs is 4. The number of aryl methyl sites for hydroxylation is 1. The molecule has 0 N–H and O–H groups in total. The predicted molar refractivity (Wildman–Crippen MR) is 134 cm³/mol. The van der Waals surface area contributed by atoms with Crippen LogP contribution in [0.5, 0.6) is 5.75 Å². The molecule has 2 heterocycles. The van der Waals surface area contributed by atoms with E-state index in [-0.39, 0.29) is 5.41 Å². The first-order chi connectivity index (χ1) is 15.2. The third kappa shape index (κ3) is 3.36. The lowest BCUT2D eigenvalue weighted by atomic mass is 9.71. The zero-order valence-electron chi connectivity index (χ0n) is 19.4. The molecule has 2 aromatic carbocycles. The van der Waals surface area contributed by atoms with Gasteiger partial charge in [0.25, 0.3) is 0 Å². The van der Waals surface area contributed by atoms with Gasteiger partial charge in [0, 0.05) is 66.1 Å². The molecular weight excluding hydrogens is 486 g/mol. The van der Waals surface area contributed by atoms with Crippen molar-refractivity contribution in [2.24, 2.45) is 7.05 Å². The maximum absolute atomic E-state index is 13.6. The van der Waals surface area contributed by atoms with E-state index in [0.29, 0.717) is 0 Å². The fourth-order valence-corrected chi connectivity index (χ4v) is 7.18. The minimum Gasteiger partial charge on any atom is -0.495 e. The Labute approximate surface area is 201 Å². The lowest BCUT2D eigenvalue weighted by molar-refractivity contribution is 0.228. The van der Waals surface area contributed by atoms with Crippen LogP contribution in [-0.2, 0) is 29.9 Å². The Hall–Kier alpha value is -1.67. The molecule has 0 saturated carbocycles. The van der Waals surface area contributed by atoms with E-state index in [2.05, 4.69) is 88.0 Å². The predicted octanol–water partition coefficient (Wildman–Crippen LogP) is 4.45. The normalized spacial score (nSPS) is 19.6. The first-order valence-corrected chi connectivity index (χ1v) is 13.0. The smallest absolute Gasteiger partial charge is 0.136 e. The second-order valence-corrected chi connectivity index (χ2v) is 11.9. The Kier molecular flexibility index (Phi) is 5.52. The summed E-state index contributed by atoms with van der Waals surface area (Å²) >= 11 is 3.63. The van der Waals surface area contributed by atoms with Crippen LogP contribution in [0.15, 0.2) is 39.7 Å². The molecule has 0 radical (unpaired) electrons. The molecule has 170 valence electrons. The highest BCUT2D eigenvalue weighted by Crippen LogP contribution is 2.47. The quantitative estimate of drug-likeness (QED) is 0.517. The number of hydrogen-bond donors (Lipinski definition) is 0. The molecule has 1 unspecified atom stereocenters. The third-order valence-electron chi connectivity index (χ3n) is 7.17. The fraction of sp³-hybridized carbons (Fsp3) is 0.440. The van der Waals surface area contributed by atoms with E-state index in [1.165, 1.54) is 33.3 Å². The van der Waals surface area contributed by atoms with E-state index >= 15 is 0 Å². The number of rotatable bonds is 3. The summed E-state index contributed by atoms with van der Waals surface area (Å²) in [5.41, 5.74) is 6.26. The molecule has 1 saturated heterocycles. The highest BCUT2D eigenvalue weighted by molar-refractivity contribution is 9.10. The molecule has 1 aliphatic heterocycles. The van der Waals surface area contributed by atoms with Crippen LogP contribution in [0.25, 0.3) is 10.9 Å². The standard InChI is InChI=1S/C25H30BrN3O2S/c1-25(2)20-15-22(31-5)23(32(30)29-10-8-27(3)9-11-29)13-16(20)12-19-18-7-6-17(26)14-21(18)28(4)24(19)25/h6-7,13-15H,8-12H2,1-5H3. The van der Waals surface area contributed by atoms with E-state index in [4.69, 9.17) is 4.74 Å². The molecule has 1 fully saturated rings. The zero-order valence-corrected chi connectivity index (χ0v) is 21.8.